The molecule has 0 aliphatic heterocycles. The van der Waals surface area contributed by atoms with Gasteiger partial charge in [-0.2, -0.15) is 0 Å². The molecule has 0 aromatic heterocycles. The first-order valence-corrected chi connectivity index (χ1v) is 6.49. The Bertz CT molecular complexity index is 444. The highest BCUT2D eigenvalue weighted by molar-refractivity contribution is 9.10. The number of hydrogen-bond acceptors (Lipinski definition) is 2. The standard InChI is InChI=1S/C13H15BrO3/c14-11-2-1-10-8-13(17,6-4-12(15)16)5-3-9(10)7-11/h1-2,7,17H,3-6,8H2,(H,15,16). The molecule has 0 saturated heterocycles. The van der Waals surface area contributed by atoms with Crippen molar-refractivity contribution in [1.29, 1.82) is 0 Å². The van der Waals surface area contributed by atoms with Crippen LogP contribution < -0.4 is 0 Å². The van der Waals surface area contributed by atoms with E-state index in [0.29, 0.717) is 19.3 Å². The summed E-state index contributed by atoms with van der Waals surface area (Å²) in [6, 6.07) is 6.04. The highest BCUT2D eigenvalue weighted by Gasteiger charge is 2.32. The van der Waals surface area contributed by atoms with E-state index in [2.05, 4.69) is 22.0 Å². The molecule has 2 rings (SSSR count). The molecule has 1 aromatic rings. The van der Waals surface area contributed by atoms with Gasteiger partial charge in [-0.1, -0.05) is 22.0 Å². The van der Waals surface area contributed by atoms with E-state index in [1.54, 1.807) is 0 Å². The average molecular weight is 299 g/mol. The van der Waals surface area contributed by atoms with Gasteiger partial charge in [-0.3, -0.25) is 4.79 Å². The summed E-state index contributed by atoms with van der Waals surface area (Å²) < 4.78 is 1.05. The minimum atomic E-state index is -0.848. The third kappa shape index (κ3) is 3.07. The van der Waals surface area contributed by atoms with Crippen LogP contribution in [0.5, 0.6) is 0 Å². The molecule has 0 amide bonds. The first kappa shape index (κ1) is 12.6. The maximum Gasteiger partial charge on any atom is 0.303 e. The van der Waals surface area contributed by atoms with Crippen LogP contribution >= 0.6 is 15.9 Å². The molecule has 2 N–H and O–H groups in total. The highest BCUT2D eigenvalue weighted by atomic mass is 79.9. The SMILES string of the molecule is O=C(O)CCC1(O)CCc2cc(Br)ccc2C1. The zero-order valence-electron chi connectivity index (χ0n) is 9.45. The number of carboxylic acid groups (broad SMARTS) is 1. The van der Waals surface area contributed by atoms with Crippen molar-refractivity contribution in [1.82, 2.24) is 0 Å². The van der Waals surface area contributed by atoms with Gasteiger partial charge in [0, 0.05) is 17.3 Å². The monoisotopic (exact) mass is 298 g/mol. The van der Waals surface area contributed by atoms with Crippen LogP contribution in [0.3, 0.4) is 0 Å². The van der Waals surface area contributed by atoms with Crippen LogP contribution in [0.1, 0.15) is 30.4 Å². The lowest BCUT2D eigenvalue weighted by Crippen LogP contribution is -2.36. The topological polar surface area (TPSA) is 57.5 Å². The van der Waals surface area contributed by atoms with Gasteiger partial charge in [0.05, 0.1) is 5.60 Å². The molecule has 3 nitrogen and oxygen atoms in total. The maximum atomic E-state index is 10.6. The average Bonchev–Trinajstić information content (AvgIpc) is 2.27. The molecule has 0 radical (unpaired) electrons. The molecule has 1 unspecified atom stereocenters. The Kier molecular flexibility index (Phi) is 3.54. The fraction of sp³-hybridized carbons (Fsp3) is 0.462. The van der Waals surface area contributed by atoms with E-state index in [4.69, 9.17) is 5.11 Å². The zero-order valence-corrected chi connectivity index (χ0v) is 11.0. The number of fused-ring (bicyclic) bond motifs is 1. The van der Waals surface area contributed by atoms with E-state index in [1.807, 2.05) is 12.1 Å². The number of halogens is 1. The summed E-state index contributed by atoms with van der Waals surface area (Å²) in [7, 11) is 0. The minimum absolute atomic E-state index is 0.0301. The molecule has 1 aliphatic carbocycles. The number of rotatable bonds is 3. The number of aryl methyl sites for hydroxylation is 1. The van der Waals surface area contributed by atoms with Gasteiger partial charge in [-0.25, -0.2) is 0 Å². The van der Waals surface area contributed by atoms with Gasteiger partial charge in [0.25, 0.3) is 0 Å². The predicted octanol–water partition coefficient (Wildman–Crippen LogP) is 2.53. The Morgan fingerprint density at radius 2 is 2.18 bits per heavy atom. The molecular weight excluding hydrogens is 284 g/mol. The molecule has 0 fully saturated rings. The van der Waals surface area contributed by atoms with Gasteiger partial charge >= 0.3 is 5.97 Å². The molecule has 0 saturated carbocycles. The van der Waals surface area contributed by atoms with Crippen molar-refractivity contribution in [2.45, 2.75) is 37.7 Å². The van der Waals surface area contributed by atoms with E-state index in [1.165, 1.54) is 5.56 Å². The summed E-state index contributed by atoms with van der Waals surface area (Å²) in [6.07, 6.45) is 2.37. The van der Waals surface area contributed by atoms with Crippen LogP contribution in [0.2, 0.25) is 0 Å². The number of carboxylic acids is 1. The van der Waals surface area contributed by atoms with E-state index in [-0.39, 0.29) is 6.42 Å². The van der Waals surface area contributed by atoms with Crippen molar-refractivity contribution in [3.8, 4) is 0 Å². The van der Waals surface area contributed by atoms with Gasteiger partial charge in [0.15, 0.2) is 0 Å². The summed E-state index contributed by atoms with van der Waals surface area (Å²) >= 11 is 3.43. The summed E-state index contributed by atoms with van der Waals surface area (Å²) in [4.78, 5) is 10.6. The Morgan fingerprint density at radius 3 is 2.88 bits per heavy atom. The Hall–Kier alpha value is -0.870. The smallest absolute Gasteiger partial charge is 0.303 e. The quantitative estimate of drug-likeness (QED) is 0.901. The van der Waals surface area contributed by atoms with Gasteiger partial charge in [0.2, 0.25) is 0 Å². The molecule has 1 atom stereocenters. The molecule has 0 bridgehead atoms. The van der Waals surface area contributed by atoms with E-state index in [9.17, 15) is 9.90 Å². The van der Waals surface area contributed by atoms with Gasteiger partial charge < -0.3 is 10.2 Å². The molecule has 0 heterocycles. The molecular formula is C13H15BrO3. The summed E-state index contributed by atoms with van der Waals surface area (Å²) in [5, 5.41) is 19.0. The number of aliphatic hydroxyl groups is 1. The molecule has 17 heavy (non-hydrogen) atoms. The molecule has 0 spiro atoms. The van der Waals surface area contributed by atoms with Crippen molar-refractivity contribution < 1.29 is 15.0 Å². The summed E-state index contributed by atoms with van der Waals surface area (Å²) in [5.41, 5.74) is 1.53. The lowest BCUT2D eigenvalue weighted by Gasteiger charge is -2.33. The van der Waals surface area contributed by atoms with Crippen molar-refractivity contribution in [3.63, 3.8) is 0 Å². The second kappa shape index (κ2) is 4.78. The van der Waals surface area contributed by atoms with Crippen molar-refractivity contribution in [2.75, 3.05) is 0 Å². The van der Waals surface area contributed by atoms with Crippen LogP contribution in [0.15, 0.2) is 22.7 Å². The number of carbonyl (C=O) groups is 1. The fourth-order valence-corrected chi connectivity index (χ4v) is 2.77. The number of hydrogen-bond donors (Lipinski definition) is 2. The van der Waals surface area contributed by atoms with Crippen LogP contribution in [-0.4, -0.2) is 21.8 Å². The Labute approximate surface area is 109 Å². The fourth-order valence-electron chi connectivity index (χ4n) is 2.36. The van der Waals surface area contributed by atoms with Crippen molar-refractivity contribution >= 4 is 21.9 Å². The van der Waals surface area contributed by atoms with Crippen molar-refractivity contribution in [3.05, 3.63) is 33.8 Å². The highest BCUT2D eigenvalue weighted by Crippen LogP contribution is 2.33. The largest absolute Gasteiger partial charge is 0.481 e. The lowest BCUT2D eigenvalue weighted by atomic mass is 9.78. The Morgan fingerprint density at radius 1 is 1.41 bits per heavy atom. The van der Waals surface area contributed by atoms with E-state index < -0.39 is 11.6 Å². The normalized spacial score (nSPS) is 23.2. The van der Waals surface area contributed by atoms with Crippen LogP contribution in [0.4, 0.5) is 0 Å². The molecule has 1 aromatic carbocycles. The van der Waals surface area contributed by atoms with Gasteiger partial charge in [-0.05, 0) is 42.5 Å². The molecule has 1 aliphatic rings. The lowest BCUT2D eigenvalue weighted by molar-refractivity contribution is -0.138. The molecule has 4 heteroatoms. The maximum absolute atomic E-state index is 10.6. The number of benzene rings is 1. The van der Waals surface area contributed by atoms with Crippen LogP contribution in [0.25, 0.3) is 0 Å². The Balaban J connectivity index is 2.12. The van der Waals surface area contributed by atoms with Gasteiger partial charge in [-0.15, -0.1) is 0 Å². The second-order valence-electron chi connectivity index (χ2n) is 4.71. The predicted molar refractivity (Wildman–Crippen MR) is 68.0 cm³/mol. The van der Waals surface area contributed by atoms with E-state index >= 15 is 0 Å². The summed E-state index contributed by atoms with van der Waals surface area (Å²) in [6.45, 7) is 0. The van der Waals surface area contributed by atoms with E-state index in [0.717, 1.165) is 16.5 Å². The third-order valence-electron chi connectivity index (χ3n) is 3.35. The van der Waals surface area contributed by atoms with Gasteiger partial charge in [0.1, 0.15) is 0 Å². The third-order valence-corrected chi connectivity index (χ3v) is 3.84. The first-order valence-electron chi connectivity index (χ1n) is 5.70. The van der Waals surface area contributed by atoms with Crippen LogP contribution in [0, 0.1) is 0 Å². The summed E-state index contributed by atoms with van der Waals surface area (Å²) in [5.74, 6) is -0.847. The zero-order chi connectivity index (χ0) is 12.5. The van der Waals surface area contributed by atoms with Crippen molar-refractivity contribution in [2.24, 2.45) is 0 Å². The van der Waals surface area contributed by atoms with Crippen LogP contribution in [-0.2, 0) is 17.6 Å². The second-order valence-corrected chi connectivity index (χ2v) is 5.62. The minimum Gasteiger partial charge on any atom is -0.481 e. The molecule has 92 valence electrons. The first-order chi connectivity index (χ1) is 7.98. The number of aliphatic carboxylic acids is 1.